The van der Waals surface area contributed by atoms with Gasteiger partial charge in [-0.05, 0) is 79.1 Å². The summed E-state index contributed by atoms with van der Waals surface area (Å²) in [7, 11) is 9.61. The van der Waals surface area contributed by atoms with Gasteiger partial charge in [0.1, 0.15) is 11.9 Å². The van der Waals surface area contributed by atoms with Crippen LogP contribution in [0.5, 0.6) is 46.0 Å². The lowest BCUT2D eigenvalue weighted by molar-refractivity contribution is 0.0853. The number of rotatable bonds is 21. The zero-order chi connectivity index (χ0) is 40.1. The fourth-order valence-corrected chi connectivity index (χ4v) is 6.95. The van der Waals surface area contributed by atoms with Crippen molar-refractivity contribution in [2.75, 3.05) is 61.2 Å². The number of ether oxygens (including phenoxy) is 8. The Kier molecular flexibility index (Phi) is 14.1. The van der Waals surface area contributed by atoms with Crippen molar-refractivity contribution in [3.05, 3.63) is 89.0 Å². The van der Waals surface area contributed by atoms with Crippen molar-refractivity contribution in [2.45, 2.75) is 63.6 Å². The van der Waals surface area contributed by atoms with E-state index < -0.39 is 6.17 Å². The van der Waals surface area contributed by atoms with Crippen LogP contribution in [0.3, 0.4) is 0 Å². The molecular weight excluding hydrogens is 730 g/mol. The third kappa shape index (κ3) is 9.89. The first kappa shape index (κ1) is 40.7. The third-order valence-electron chi connectivity index (χ3n) is 10.1. The minimum atomic E-state index is -0.396. The van der Waals surface area contributed by atoms with Gasteiger partial charge in [0, 0.05) is 23.2 Å². The molecule has 13 nitrogen and oxygen atoms in total. The molecule has 0 bridgehead atoms. The number of benzene rings is 4. The number of nitrogens with zero attached hydrogens (tertiary/aromatic N) is 1. The molecule has 0 saturated heterocycles. The predicted octanol–water partition coefficient (Wildman–Crippen LogP) is 8.65. The molecule has 0 radical (unpaired) electrons. The highest BCUT2D eigenvalue weighted by Crippen LogP contribution is 2.43. The second kappa shape index (κ2) is 19.7. The van der Waals surface area contributed by atoms with Crippen molar-refractivity contribution in [3.63, 3.8) is 0 Å². The number of amides is 1. The Hall–Kier alpha value is -5.98. The maximum Gasteiger partial charge on any atom is 0.255 e. The minimum Gasteiger partial charge on any atom is -0.497 e. The average Bonchev–Trinajstić information content (AvgIpc) is 3.75. The Morgan fingerprint density at radius 2 is 1.23 bits per heavy atom. The van der Waals surface area contributed by atoms with Crippen LogP contribution in [0.2, 0.25) is 0 Å². The summed E-state index contributed by atoms with van der Waals surface area (Å²) in [5, 5.41) is 10.8. The molecule has 1 amide bonds. The van der Waals surface area contributed by atoms with Crippen LogP contribution in [-0.2, 0) is 4.84 Å². The van der Waals surface area contributed by atoms with Gasteiger partial charge in [-0.3, -0.25) is 4.79 Å². The molecule has 2 atom stereocenters. The van der Waals surface area contributed by atoms with E-state index in [1.54, 1.807) is 48.7 Å². The minimum absolute atomic E-state index is 0.168. The Morgan fingerprint density at radius 1 is 0.596 bits per heavy atom. The van der Waals surface area contributed by atoms with Crippen molar-refractivity contribution < 1.29 is 47.5 Å². The number of nitrogens with one attached hydrogen (secondary N) is 2. The normalized spacial score (nSPS) is 15.6. The van der Waals surface area contributed by atoms with Gasteiger partial charge in [-0.25, -0.2) is 0 Å². The Bertz CT molecular complexity index is 1990. The molecule has 0 aliphatic carbocycles. The smallest absolute Gasteiger partial charge is 0.255 e. The van der Waals surface area contributed by atoms with Crippen LogP contribution in [0.1, 0.15) is 90.7 Å². The molecule has 0 fully saturated rings. The molecule has 2 heterocycles. The number of fused-ring (bicyclic) bond motifs is 1. The fraction of sp³-hybridized carbons (Fsp3) is 0.409. The van der Waals surface area contributed by atoms with E-state index in [0.717, 1.165) is 73.0 Å². The van der Waals surface area contributed by atoms with E-state index in [2.05, 4.69) is 15.8 Å². The molecule has 6 rings (SSSR count). The molecule has 0 saturated carbocycles. The SMILES string of the molecule is COc1ccc2c(c1)C(=O)NC(c1ccc(OCCCCCCCCCOc3cc(C4=NOC(c5cc(OC)c(OC)c(OC)c5)C4)ccc3OC)c(OC)c1)N2. The summed E-state index contributed by atoms with van der Waals surface area (Å²) in [6.07, 6.45) is 7.36. The Labute approximate surface area is 334 Å². The Morgan fingerprint density at radius 3 is 1.88 bits per heavy atom. The molecule has 2 aliphatic rings. The van der Waals surface area contributed by atoms with E-state index in [4.69, 9.17) is 42.7 Å². The van der Waals surface area contributed by atoms with E-state index >= 15 is 0 Å². The van der Waals surface area contributed by atoms with Gasteiger partial charge in [-0.1, -0.05) is 43.3 Å². The van der Waals surface area contributed by atoms with Crippen molar-refractivity contribution in [1.82, 2.24) is 5.32 Å². The number of anilines is 1. The van der Waals surface area contributed by atoms with E-state index in [0.29, 0.717) is 71.2 Å². The number of unbranched alkanes of at least 4 members (excludes halogenated alkanes) is 6. The zero-order valence-electron chi connectivity index (χ0n) is 33.6. The first-order valence-corrected chi connectivity index (χ1v) is 19.3. The topological polar surface area (TPSA) is 137 Å². The summed E-state index contributed by atoms with van der Waals surface area (Å²) in [6.45, 7) is 1.19. The number of carbonyl (C=O) groups is 1. The first-order valence-electron chi connectivity index (χ1n) is 19.3. The number of methoxy groups -OCH3 is 6. The lowest BCUT2D eigenvalue weighted by Gasteiger charge is -2.28. The van der Waals surface area contributed by atoms with E-state index in [1.807, 2.05) is 60.7 Å². The fourth-order valence-electron chi connectivity index (χ4n) is 6.95. The van der Waals surface area contributed by atoms with Crippen LogP contribution in [0.25, 0.3) is 0 Å². The average molecular weight is 784 g/mol. The van der Waals surface area contributed by atoms with E-state index in [1.165, 1.54) is 0 Å². The summed E-state index contributed by atoms with van der Waals surface area (Å²) < 4.78 is 45.3. The van der Waals surface area contributed by atoms with Crippen molar-refractivity contribution in [3.8, 4) is 46.0 Å². The van der Waals surface area contributed by atoms with E-state index in [-0.39, 0.29) is 12.0 Å². The maximum absolute atomic E-state index is 12.8. The zero-order valence-corrected chi connectivity index (χ0v) is 33.6. The lowest BCUT2D eigenvalue weighted by atomic mass is 9.99. The van der Waals surface area contributed by atoms with Crippen LogP contribution in [-0.4, -0.2) is 67.5 Å². The molecule has 4 aromatic rings. The molecular formula is C44H53N3O10. The molecule has 13 heteroatoms. The summed E-state index contributed by atoms with van der Waals surface area (Å²) >= 11 is 0. The molecule has 2 aliphatic heterocycles. The maximum atomic E-state index is 12.8. The second-order valence-corrected chi connectivity index (χ2v) is 13.7. The van der Waals surface area contributed by atoms with Crippen LogP contribution < -0.4 is 48.5 Å². The molecule has 2 N–H and O–H groups in total. The van der Waals surface area contributed by atoms with Gasteiger partial charge in [-0.15, -0.1) is 0 Å². The molecule has 2 unspecified atom stereocenters. The van der Waals surface area contributed by atoms with Crippen molar-refractivity contribution in [2.24, 2.45) is 5.16 Å². The van der Waals surface area contributed by atoms with Crippen LogP contribution >= 0.6 is 0 Å². The van der Waals surface area contributed by atoms with Gasteiger partial charge in [0.05, 0.1) is 67.1 Å². The predicted molar refractivity (Wildman–Crippen MR) is 217 cm³/mol. The van der Waals surface area contributed by atoms with Crippen LogP contribution in [0.4, 0.5) is 5.69 Å². The highest BCUT2D eigenvalue weighted by Gasteiger charge is 2.28. The summed E-state index contributed by atoms with van der Waals surface area (Å²) in [5.41, 5.74) is 4.77. The molecule has 4 aromatic carbocycles. The van der Waals surface area contributed by atoms with Gasteiger partial charge in [-0.2, -0.15) is 0 Å². The monoisotopic (exact) mass is 783 g/mol. The molecule has 57 heavy (non-hydrogen) atoms. The van der Waals surface area contributed by atoms with Crippen molar-refractivity contribution in [1.29, 1.82) is 0 Å². The van der Waals surface area contributed by atoms with Gasteiger partial charge in [0.15, 0.2) is 40.6 Å². The standard InChI is InChI=1S/C44H53N3O10/c1-49-31-16-17-33-32(26-31)44(48)46-43(45-33)29-15-19-36(38(23-29)51-3)55-20-12-10-8-7-9-11-13-21-56-39-22-28(14-18-35(39)50-2)34-27-37(57-47-34)30-24-40(52-4)42(54-6)41(25-30)53-5/h14-19,22-26,37,43,45H,7-13,20-21,27H2,1-6H3,(H,46,48). The van der Waals surface area contributed by atoms with Gasteiger partial charge in [0.25, 0.3) is 5.91 Å². The number of oxime groups is 1. The summed E-state index contributed by atoms with van der Waals surface area (Å²) in [6, 6.07) is 20.7. The highest BCUT2D eigenvalue weighted by molar-refractivity contribution is 6.02. The van der Waals surface area contributed by atoms with Crippen LogP contribution in [0.15, 0.2) is 71.9 Å². The van der Waals surface area contributed by atoms with Gasteiger partial charge >= 0.3 is 0 Å². The quantitative estimate of drug-likeness (QED) is 0.0786. The third-order valence-corrected chi connectivity index (χ3v) is 10.1. The molecule has 0 aromatic heterocycles. The number of carbonyl (C=O) groups excluding carboxylic acids is 1. The summed E-state index contributed by atoms with van der Waals surface area (Å²) in [5.74, 6) is 4.80. The Balaban J connectivity index is 0.881. The first-order chi connectivity index (χ1) is 27.9. The van der Waals surface area contributed by atoms with Gasteiger partial charge < -0.3 is 53.4 Å². The highest BCUT2D eigenvalue weighted by atomic mass is 16.6. The van der Waals surface area contributed by atoms with Crippen LogP contribution in [0, 0.1) is 0 Å². The number of hydrogen-bond donors (Lipinski definition) is 2. The summed E-state index contributed by atoms with van der Waals surface area (Å²) in [4.78, 5) is 18.6. The van der Waals surface area contributed by atoms with Gasteiger partial charge in [0.2, 0.25) is 5.75 Å². The second-order valence-electron chi connectivity index (χ2n) is 13.7. The largest absolute Gasteiger partial charge is 0.497 e. The number of hydrogen-bond acceptors (Lipinski definition) is 12. The van der Waals surface area contributed by atoms with Crippen molar-refractivity contribution >= 4 is 17.3 Å². The lowest BCUT2D eigenvalue weighted by Crippen LogP contribution is -2.38. The molecule has 0 spiro atoms. The van der Waals surface area contributed by atoms with E-state index in [9.17, 15) is 4.79 Å². The molecule has 304 valence electrons.